The van der Waals surface area contributed by atoms with Gasteiger partial charge in [-0.1, -0.05) is 24.6 Å². The van der Waals surface area contributed by atoms with Crippen molar-refractivity contribution in [2.75, 3.05) is 31.5 Å². The van der Waals surface area contributed by atoms with Gasteiger partial charge in [-0.3, -0.25) is 0 Å². The fraction of sp³-hybridized carbons (Fsp3) is 0.588. The van der Waals surface area contributed by atoms with E-state index in [9.17, 15) is 0 Å². The highest BCUT2D eigenvalue weighted by Crippen LogP contribution is 2.19. The Balaban J connectivity index is 1.62. The van der Waals surface area contributed by atoms with Crippen LogP contribution in [0.25, 0.3) is 0 Å². The summed E-state index contributed by atoms with van der Waals surface area (Å²) in [5, 5.41) is 7.89. The van der Waals surface area contributed by atoms with E-state index in [-0.39, 0.29) is 0 Å². The topological polar surface area (TPSA) is 28.5 Å². The SMILES string of the molecule is Cc1ccc(NC(=S)NCCC[NH+]2CCC(C)CC2)cc1Cl. The Morgan fingerprint density at radius 3 is 2.77 bits per heavy atom. The number of nitrogens with one attached hydrogen (secondary N) is 3. The molecule has 0 radical (unpaired) electrons. The number of piperidine rings is 1. The summed E-state index contributed by atoms with van der Waals surface area (Å²) in [5.74, 6) is 0.917. The third-order valence-electron chi connectivity index (χ3n) is 4.40. The molecule has 1 aromatic carbocycles. The van der Waals surface area contributed by atoms with Gasteiger partial charge in [0.2, 0.25) is 0 Å². The van der Waals surface area contributed by atoms with Gasteiger partial charge in [-0.05, 0) is 55.6 Å². The van der Waals surface area contributed by atoms with E-state index in [1.54, 1.807) is 4.90 Å². The van der Waals surface area contributed by atoms with Crippen molar-refractivity contribution in [3.8, 4) is 0 Å². The van der Waals surface area contributed by atoms with E-state index in [0.717, 1.165) is 35.2 Å². The molecular weight excluding hydrogens is 314 g/mol. The third kappa shape index (κ3) is 5.75. The second kappa shape index (κ2) is 8.70. The summed E-state index contributed by atoms with van der Waals surface area (Å²) >= 11 is 11.4. The molecular formula is C17H27ClN3S+. The highest BCUT2D eigenvalue weighted by atomic mass is 35.5. The first-order chi connectivity index (χ1) is 10.5. The van der Waals surface area contributed by atoms with Crippen molar-refractivity contribution >= 4 is 34.6 Å². The van der Waals surface area contributed by atoms with Crippen LogP contribution in [0, 0.1) is 12.8 Å². The smallest absolute Gasteiger partial charge is 0.170 e. The number of likely N-dealkylation sites (tertiary alicyclic amines) is 1. The van der Waals surface area contributed by atoms with Gasteiger partial charge in [-0.25, -0.2) is 0 Å². The van der Waals surface area contributed by atoms with Crippen LogP contribution in [-0.2, 0) is 0 Å². The van der Waals surface area contributed by atoms with Crippen LogP contribution < -0.4 is 15.5 Å². The zero-order valence-corrected chi connectivity index (χ0v) is 15.1. The number of hydrogen-bond acceptors (Lipinski definition) is 1. The Labute approximate surface area is 144 Å². The fourth-order valence-corrected chi connectivity index (χ4v) is 3.21. The van der Waals surface area contributed by atoms with Crippen molar-refractivity contribution < 1.29 is 4.90 Å². The number of rotatable bonds is 5. The standard InChI is InChI=1S/C17H26ClN3S/c1-13-6-10-21(11-7-13)9-3-8-19-17(22)20-15-5-4-14(2)16(18)12-15/h4-5,12-13H,3,6-11H2,1-2H3,(H2,19,20,22)/p+1. The number of thiocarbonyl (C=S) groups is 1. The second-order valence-electron chi connectivity index (χ2n) is 6.38. The summed E-state index contributed by atoms with van der Waals surface area (Å²) in [4.78, 5) is 1.74. The Bertz CT molecular complexity index is 499. The lowest BCUT2D eigenvalue weighted by atomic mass is 9.99. The minimum absolute atomic E-state index is 0.669. The number of benzene rings is 1. The number of halogens is 1. The molecule has 1 aliphatic rings. The van der Waals surface area contributed by atoms with Crippen molar-refractivity contribution in [3.63, 3.8) is 0 Å². The summed E-state index contributed by atoms with van der Waals surface area (Å²) < 4.78 is 0. The van der Waals surface area contributed by atoms with Gasteiger partial charge < -0.3 is 15.5 Å². The van der Waals surface area contributed by atoms with Crippen LogP contribution >= 0.6 is 23.8 Å². The largest absolute Gasteiger partial charge is 0.362 e. The first-order valence-corrected chi connectivity index (χ1v) is 8.98. The maximum atomic E-state index is 6.11. The first kappa shape index (κ1) is 17.5. The number of quaternary nitrogens is 1. The second-order valence-corrected chi connectivity index (χ2v) is 7.20. The zero-order valence-electron chi connectivity index (χ0n) is 13.5. The normalized spacial score (nSPS) is 21.4. The lowest BCUT2D eigenvalue weighted by Gasteiger charge is -2.27. The van der Waals surface area contributed by atoms with Crippen molar-refractivity contribution in [2.24, 2.45) is 5.92 Å². The first-order valence-electron chi connectivity index (χ1n) is 8.19. The summed E-state index contributed by atoms with van der Waals surface area (Å²) in [7, 11) is 0. The molecule has 0 spiro atoms. The molecule has 3 N–H and O–H groups in total. The molecule has 1 heterocycles. The molecule has 1 saturated heterocycles. The lowest BCUT2D eigenvalue weighted by Crippen LogP contribution is -3.13. The van der Waals surface area contributed by atoms with Gasteiger partial charge >= 0.3 is 0 Å². The summed E-state index contributed by atoms with van der Waals surface area (Å²) in [6.45, 7) is 9.16. The summed E-state index contributed by atoms with van der Waals surface area (Å²) in [5.41, 5.74) is 2.01. The molecule has 0 unspecified atom stereocenters. The van der Waals surface area contributed by atoms with Crippen LogP contribution in [0.1, 0.15) is 31.7 Å². The van der Waals surface area contributed by atoms with Crippen molar-refractivity contribution in [1.29, 1.82) is 0 Å². The van der Waals surface area contributed by atoms with Gasteiger partial charge in [0.05, 0.1) is 19.6 Å². The third-order valence-corrected chi connectivity index (χ3v) is 5.06. The quantitative estimate of drug-likeness (QED) is 0.568. The monoisotopic (exact) mass is 340 g/mol. The molecule has 0 aromatic heterocycles. The van der Waals surface area contributed by atoms with Crippen LogP contribution in [0.15, 0.2) is 18.2 Å². The number of anilines is 1. The molecule has 3 nitrogen and oxygen atoms in total. The van der Waals surface area contributed by atoms with Gasteiger partial charge in [-0.15, -0.1) is 0 Å². The van der Waals surface area contributed by atoms with Gasteiger partial charge in [-0.2, -0.15) is 0 Å². The van der Waals surface area contributed by atoms with E-state index >= 15 is 0 Å². The van der Waals surface area contributed by atoms with Crippen molar-refractivity contribution in [1.82, 2.24) is 5.32 Å². The Kier molecular flexibility index (Phi) is 6.93. The van der Waals surface area contributed by atoms with E-state index in [0.29, 0.717) is 5.11 Å². The van der Waals surface area contributed by atoms with E-state index in [2.05, 4.69) is 17.6 Å². The molecule has 2 rings (SSSR count). The average molecular weight is 341 g/mol. The highest BCUT2D eigenvalue weighted by molar-refractivity contribution is 7.80. The Hall–Kier alpha value is -0.840. The van der Waals surface area contributed by atoms with Gasteiger partial charge in [0.15, 0.2) is 5.11 Å². The van der Waals surface area contributed by atoms with E-state index in [1.807, 2.05) is 25.1 Å². The predicted octanol–water partition coefficient (Wildman–Crippen LogP) is 2.64. The summed E-state index contributed by atoms with van der Waals surface area (Å²) in [6.07, 6.45) is 3.90. The maximum Gasteiger partial charge on any atom is 0.170 e. The average Bonchev–Trinajstić information content (AvgIpc) is 2.49. The molecule has 22 heavy (non-hydrogen) atoms. The fourth-order valence-electron chi connectivity index (χ4n) is 2.81. The van der Waals surface area contributed by atoms with Crippen molar-refractivity contribution in [3.05, 3.63) is 28.8 Å². The van der Waals surface area contributed by atoms with E-state index in [4.69, 9.17) is 23.8 Å². The van der Waals surface area contributed by atoms with E-state index in [1.165, 1.54) is 32.5 Å². The minimum Gasteiger partial charge on any atom is -0.362 e. The highest BCUT2D eigenvalue weighted by Gasteiger charge is 2.17. The molecule has 0 saturated carbocycles. The summed E-state index contributed by atoms with van der Waals surface area (Å²) in [6, 6.07) is 5.89. The molecule has 0 bridgehead atoms. The predicted molar refractivity (Wildman–Crippen MR) is 99.0 cm³/mol. The van der Waals surface area contributed by atoms with Gasteiger partial charge in [0.1, 0.15) is 0 Å². The number of hydrogen-bond donors (Lipinski definition) is 3. The maximum absolute atomic E-state index is 6.11. The van der Waals surface area contributed by atoms with Crippen LogP contribution in [0.4, 0.5) is 5.69 Å². The Morgan fingerprint density at radius 1 is 1.36 bits per heavy atom. The van der Waals surface area contributed by atoms with Crippen LogP contribution in [0.5, 0.6) is 0 Å². The molecule has 0 atom stereocenters. The molecule has 122 valence electrons. The zero-order chi connectivity index (χ0) is 15.9. The molecule has 1 fully saturated rings. The Morgan fingerprint density at radius 2 is 2.09 bits per heavy atom. The van der Waals surface area contributed by atoms with Gasteiger partial charge in [0, 0.05) is 23.7 Å². The minimum atomic E-state index is 0.669. The van der Waals surface area contributed by atoms with E-state index < -0.39 is 0 Å². The van der Waals surface area contributed by atoms with Crippen molar-refractivity contribution in [2.45, 2.75) is 33.1 Å². The number of aryl methyl sites for hydroxylation is 1. The molecule has 5 heteroatoms. The van der Waals surface area contributed by atoms with Crippen LogP contribution in [0.3, 0.4) is 0 Å². The molecule has 1 aromatic rings. The van der Waals surface area contributed by atoms with Crippen LogP contribution in [0.2, 0.25) is 5.02 Å². The molecule has 1 aliphatic heterocycles. The van der Waals surface area contributed by atoms with Crippen LogP contribution in [-0.4, -0.2) is 31.3 Å². The molecule has 0 aliphatic carbocycles. The van der Waals surface area contributed by atoms with Gasteiger partial charge in [0.25, 0.3) is 0 Å². The lowest BCUT2D eigenvalue weighted by molar-refractivity contribution is -0.906. The molecule has 0 amide bonds.